The summed E-state index contributed by atoms with van der Waals surface area (Å²) in [4.78, 5) is 22.4. The van der Waals surface area contributed by atoms with Gasteiger partial charge in [-0.05, 0) is 6.07 Å². The minimum Gasteiger partial charge on any atom is -0.450 e. The third-order valence-corrected chi connectivity index (χ3v) is 1.93. The zero-order valence-corrected chi connectivity index (χ0v) is 8.81. The van der Waals surface area contributed by atoms with Crippen LogP contribution in [0.3, 0.4) is 0 Å². The van der Waals surface area contributed by atoms with E-state index in [9.17, 15) is 18.0 Å². The molecule has 94 valence electrons. The van der Waals surface area contributed by atoms with Crippen LogP contribution in [0, 0.1) is 0 Å². The molecule has 0 atom stereocenters. The smallest absolute Gasteiger partial charge is 0.422 e. The van der Waals surface area contributed by atoms with E-state index in [4.69, 9.17) is 0 Å². The van der Waals surface area contributed by atoms with E-state index >= 15 is 0 Å². The molecular weight excluding hydrogens is 251 g/mol. The molecule has 0 spiro atoms. The van der Waals surface area contributed by atoms with Crippen molar-refractivity contribution in [1.29, 1.82) is 0 Å². The van der Waals surface area contributed by atoms with E-state index in [0.717, 1.165) is 0 Å². The Morgan fingerprint density at radius 1 is 1.33 bits per heavy atom. The van der Waals surface area contributed by atoms with Crippen molar-refractivity contribution < 1.29 is 22.7 Å². The Balaban J connectivity index is 2.18. The molecule has 0 aromatic carbocycles. The van der Waals surface area contributed by atoms with Gasteiger partial charge in [0, 0.05) is 17.8 Å². The zero-order chi connectivity index (χ0) is 13.2. The van der Waals surface area contributed by atoms with Gasteiger partial charge in [0.05, 0.1) is 11.7 Å². The van der Waals surface area contributed by atoms with Gasteiger partial charge in [-0.2, -0.15) is 13.2 Å². The molecule has 8 heteroatoms. The van der Waals surface area contributed by atoms with Crippen LogP contribution in [0.4, 0.5) is 13.2 Å². The number of nitrogens with zero attached hydrogens (tertiary/aromatic N) is 3. The van der Waals surface area contributed by atoms with Crippen LogP contribution in [0.1, 0.15) is 10.6 Å². The number of aromatic nitrogens is 3. The number of carbonyl (C=O) groups is 1. The van der Waals surface area contributed by atoms with Crippen LogP contribution in [0.5, 0.6) is 0 Å². The van der Waals surface area contributed by atoms with Crippen LogP contribution in [0.15, 0.2) is 24.7 Å². The van der Waals surface area contributed by atoms with E-state index in [1.165, 1.54) is 18.6 Å². The average molecular weight is 257 g/mol. The van der Waals surface area contributed by atoms with Gasteiger partial charge in [-0.3, -0.25) is 4.98 Å². The van der Waals surface area contributed by atoms with Gasteiger partial charge in [0.15, 0.2) is 6.61 Å². The Morgan fingerprint density at radius 2 is 2.11 bits per heavy atom. The van der Waals surface area contributed by atoms with Gasteiger partial charge in [-0.15, -0.1) is 0 Å². The molecule has 18 heavy (non-hydrogen) atoms. The zero-order valence-electron chi connectivity index (χ0n) is 8.81. The van der Waals surface area contributed by atoms with Gasteiger partial charge >= 0.3 is 12.1 Å². The third-order valence-electron chi connectivity index (χ3n) is 1.93. The summed E-state index contributed by atoms with van der Waals surface area (Å²) < 4.78 is 39.6. The van der Waals surface area contributed by atoms with E-state index in [-0.39, 0.29) is 0 Å². The number of fused-ring (bicyclic) bond motifs is 1. The Labute approximate surface area is 98.6 Å². The summed E-state index contributed by atoms with van der Waals surface area (Å²) in [6, 6.07) is 1.61. The van der Waals surface area contributed by atoms with Crippen LogP contribution in [0.2, 0.25) is 0 Å². The Hall–Kier alpha value is -2.25. The first kappa shape index (κ1) is 12.2. The van der Waals surface area contributed by atoms with Crippen LogP contribution < -0.4 is 0 Å². The summed E-state index contributed by atoms with van der Waals surface area (Å²) in [5.74, 6) is -1.65. The third kappa shape index (κ3) is 2.90. The van der Waals surface area contributed by atoms with E-state index < -0.39 is 24.6 Å². The molecule has 2 aromatic rings. The number of rotatable bonds is 2. The summed E-state index contributed by atoms with van der Waals surface area (Å²) in [5.41, 5.74) is 0.353. The normalized spacial score (nSPS) is 11.5. The van der Waals surface area contributed by atoms with Crippen LogP contribution in [-0.4, -0.2) is 33.7 Å². The lowest BCUT2D eigenvalue weighted by molar-refractivity contribution is -0.161. The molecule has 5 nitrogen and oxygen atoms in total. The summed E-state index contributed by atoms with van der Waals surface area (Å²) >= 11 is 0. The first-order chi connectivity index (χ1) is 8.46. The van der Waals surface area contributed by atoms with Crippen molar-refractivity contribution >= 4 is 16.9 Å². The minimum absolute atomic E-state index is 0.353. The molecule has 0 unspecified atom stereocenters. The van der Waals surface area contributed by atoms with Crippen LogP contribution in [-0.2, 0) is 4.74 Å². The molecule has 0 N–H and O–H groups in total. The van der Waals surface area contributed by atoms with Gasteiger partial charge in [0.2, 0.25) is 5.82 Å². The number of ether oxygens (including phenoxy) is 1. The van der Waals surface area contributed by atoms with Crippen molar-refractivity contribution in [3.63, 3.8) is 0 Å². The molecular formula is C10H6F3N3O2. The molecule has 2 aromatic heterocycles. The molecule has 0 radical (unpaired) electrons. The van der Waals surface area contributed by atoms with E-state index in [1.807, 2.05) is 0 Å². The molecule has 0 aliphatic heterocycles. The summed E-state index contributed by atoms with van der Waals surface area (Å²) in [5, 5.41) is 0.623. The van der Waals surface area contributed by atoms with Gasteiger partial charge in [-0.25, -0.2) is 14.8 Å². The molecule has 0 saturated carbocycles. The maximum atomic E-state index is 11.9. The lowest BCUT2D eigenvalue weighted by Gasteiger charge is -2.06. The molecule has 2 heterocycles. The second kappa shape index (κ2) is 4.55. The number of carbonyl (C=O) groups excluding carboxylic acids is 1. The average Bonchev–Trinajstić information content (AvgIpc) is 2.34. The first-order valence-corrected chi connectivity index (χ1v) is 4.76. The second-order valence-electron chi connectivity index (χ2n) is 3.32. The van der Waals surface area contributed by atoms with Crippen molar-refractivity contribution in [2.45, 2.75) is 6.18 Å². The van der Waals surface area contributed by atoms with E-state index in [2.05, 4.69) is 19.7 Å². The predicted octanol–water partition coefficient (Wildman–Crippen LogP) is 1.74. The fourth-order valence-electron chi connectivity index (χ4n) is 1.18. The molecule has 0 aliphatic carbocycles. The Morgan fingerprint density at radius 3 is 2.83 bits per heavy atom. The summed E-state index contributed by atoms with van der Waals surface area (Å²) in [7, 11) is 0. The quantitative estimate of drug-likeness (QED) is 0.767. The maximum Gasteiger partial charge on any atom is 0.422 e. The van der Waals surface area contributed by atoms with Crippen LogP contribution in [0.25, 0.3) is 10.9 Å². The van der Waals surface area contributed by atoms with Crippen molar-refractivity contribution in [1.82, 2.24) is 15.0 Å². The minimum atomic E-state index is -4.58. The Kier molecular flexibility index (Phi) is 3.09. The monoisotopic (exact) mass is 257 g/mol. The van der Waals surface area contributed by atoms with Crippen molar-refractivity contribution in [3.8, 4) is 0 Å². The van der Waals surface area contributed by atoms with Crippen molar-refractivity contribution in [3.05, 3.63) is 30.5 Å². The molecule has 0 fully saturated rings. The number of esters is 1. The summed E-state index contributed by atoms with van der Waals surface area (Å²) in [6.07, 6.45) is -0.382. The molecule has 0 aliphatic rings. The molecule has 0 bridgehead atoms. The van der Waals surface area contributed by atoms with Gasteiger partial charge in [0.1, 0.15) is 0 Å². The highest BCUT2D eigenvalue weighted by Crippen LogP contribution is 2.15. The highest BCUT2D eigenvalue weighted by atomic mass is 19.4. The standard InChI is InChI=1S/C10H6F3N3O2/c11-10(12,13)5-18-9(17)8-15-3-6-1-2-14-4-7(6)16-8/h1-4H,5H2. The fraction of sp³-hybridized carbons (Fsp3) is 0.200. The number of halogens is 3. The number of alkyl halides is 3. The number of hydrogen-bond acceptors (Lipinski definition) is 5. The molecule has 2 rings (SSSR count). The lowest BCUT2D eigenvalue weighted by Crippen LogP contribution is -2.21. The van der Waals surface area contributed by atoms with E-state index in [1.54, 1.807) is 6.07 Å². The lowest BCUT2D eigenvalue weighted by atomic mass is 10.3. The highest BCUT2D eigenvalue weighted by molar-refractivity contribution is 5.88. The predicted molar refractivity (Wildman–Crippen MR) is 53.7 cm³/mol. The highest BCUT2D eigenvalue weighted by Gasteiger charge is 2.30. The van der Waals surface area contributed by atoms with Crippen LogP contribution >= 0.6 is 0 Å². The van der Waals surface area contributed by atoms with Crippen molar-refractivity contribution in [2.24, 2.45) is 0 Å². The van der Waals surface area contributed by atoms with Gasteiger partial charge in [-0.1, -0.05) is 0 Å². The van der Waals surface area contributed by atoms with Gasteiger partial charge in [0.25, 0.3) is 0 Å². The fourth-order valence-corrected chi connectivity index (χ4v) is 1.18. The first-order valence-electron chi connectivity index (χ1n) is 4.76. The molecule has 0 saturated heterocycles. The van der Waals surface area contributed by atoms with Crippen molar-refractivity contribution in [2.75, 3.05) is 6.61 Å². The Bertz CT molecular complexity index is 586. The summed E-state index contributed by atoms with van der Waals surface area (Å²) in [6.45, 7) is -1.67. The maximum absolute atomic E-state index is 11.9. The number of hydrogen-bond donors (Lipinski definition) is 0. The van der Waals surface area contributed by atoms with Gasteiger partial charge < -0.3 is 4.74 Å². The second-order valence-corrected chi connectivity index (χ2v) is 3.32. The number of pyridine rings is 1. The molecule has 0 amide bonds. The topological polar surface area (TPSA) is 65.0 Å². The largest absolute Gasteiger partial charge is 0.450 e. The SMILES string of the molecule is O=C(OCC(F)(F)F)c1ncc2ccncc2n1. The van der Waals surface area contributed by atoms with E-state index in [0.29, 0.717) is 10.9 Å².